The van der Waals surface area contributed by atoms with E-state index in [9.17, 15) is 9.90 Å². The molecule has 10 nitrogen and oxygen atoms in total. The zero-order chi connectivity index (χ0) is 25.6. The Kier molecular flexibility index (Phi) is 6.17. The van der Waals surface area contributed by atoms with Crippen LogP contribution in [0.15, 0.2) is 43.2 Å². The van der Waals surface area contributed by atoms with Crippen molar-refractivity contribution in [3.05, 3.63) is 53.8 Å². The van der Waals surface area contributed by atoms with Gasteiger partial charge >= 0.3 is 0 Å². The first-order valence-corrected chi connectivity index (χ1v) is 12.3. The Balaban J connectivity index is 1.61. The quantitative estimate of drug-likeness (QED) is 0.406. The molecule has 0 bridgehead atoms. The Hall–Kier alpha value is -3.50. The molecule has 1 saturated carbocycles. The number of nitrogens with two attached hydrogens (primary N) is 1. The summed E-state index contributed by atoms with van der Waals surface area (Å²) in [6.45, 7) is 3.74. The fraction of sp³-hybridized carbons (Fsp3) is 0.400. The molecule has 0 aliphatic heterocycles. The molecule has 0 radical (unpaired) electrons. The van der Waals surface area contributed by atoms with Gasteiger partial charge in [-0.3, -0.25) is 14.5 Å². The average molecular weight is 509 g/mol. The number of amides is 1. The van der Waals surface area contributed by atoms with E-state index >= 15 is 0 Å². The van der Waals surface area contributed by atoms with Crippen molar-refractivity contribution in [2.24, 2.45) is 18.7 Å². The fourth-order valence-electron chi connectivity index (χ4n) is 5.13. The lowest BCUT2D eigenvalue weighted by molar-refractivity contribution is -0.00117. The number of hydrogen-bond acceptors (Lipinski definition) is 7. The third kappa shape index (κ3) is 4.54. The van der Waals surface area contributed by atoms with Crippen LogP contribution in [-0.2, 0) is 7.05 Å². The molecule has 0 saturated heterocycles. The van der Waals surface area contributed by atoms with Crippen LogP contribution in [0.1, 0.15) is 49.9 Å². The van der Waals surface area contributed by atoms with Crippen LogP contribution in [0.25, 0.3) is 16.9 Å². The van der Waals surface area contributed by atoms with Gasteiger partial charge in [-0.05, 0) is 51.5 Å². The summed E-state index contributed by atoms with van der Waals surface area (Å²) < 4.78 is 3.33. The number of aryl methyl sites for hydroxylation is 1. The van der Waals surface area contributed by atoms with E-state index < -0.39 is 11.5 Å². The van der Waals surface area contributed by atoms with Crippen LogP contribution >= 0.6 is 11.6 Å². The van der Waals surface area contributed by atoms with Crippen LogP contribution in [0.4, 0.5) is 11.4 Å². The van der Waals surface area contributed by atoms with Gasteiger partial charge in [0.25, 0.3) is 5.91 Å². The summed E-state index contributed by atoms with van der Waals surface area (Å²) in [6.07, 6.45) is 13.6. The molecule has 0 unspecified atom stereocenters. The van der Waals surface area contributed by atoms with Crippen molar-refractivity contribution < 1.29 is 9.90 Å². The molecule has 4 aromatic rings. The normalized spacial score (nSPS) is 18.5. The second-order valence-electron chi connectivity index (χ2n) is 9.95. The Morgan fingerprint density at radius 1 is 1.11 bits per heavy atom. The molecule has 1 aliphatic carbocycles. The second kappa shape index (κ2) is 9.18. The van der Waals surface area contributed by atoms with Gasteiger partial charge in [-0.25, -0.2) is 9.50 Å². The molecule has 1 aliphatic rings. The fourth-order valence-corrected chi connectivity index (χ4v) is 5.27. The van der Waals surface area contributed by atoms with E-state index in [0.29, 0.717) is 33.2 Å². The Morgan fingerprint density at radius 3 is 2.50 bits per heavy atom. The molecule has 0 atom stereocenters. The highest BCUT2D eigenvalue weighted by molar-refractivity contribution is 6.30. The molecular weight excluding hydrogens is 480 g/mol. The smallest absolute Gasteiger partial charge is 0.252 e. The predicted octanol–water partition coefficient (Wildman–Crippen LogP) is 3.74. The minimum absolute atomic E-state index is 0.0852. The summed E-state index contributed by atoms with van der Waals surface area (Å²) in [6, 6.07) is 1.95. The number of rotatable bonds is 6. The molecule has 188 valence electrons. The lowest BCUT2D eigenvalue weighted by Crippen LogP contribution is -2.40. The first-order valence-electron chi connectivity index (χ1n) is 11.9. The summed E-state index contributed by atoms with van der Waals surface area (Å²) in [5, 5.41) is 19.8. The van der Waals surface area contributed by atoms with Crippen LogP contribution in [0.2, 0.25) is 5.02 Å². The molecular formula is C25H29ClN8O2. The van der Waals surface area contributed by atoms with Gasteiger partial charge in [0.1, 0.15) is 0 Å². The number of aromatic nitrogens is 6. The molecule has 0 aromatic carbocycles. The van der Waals surface area contributed by atoms with Gasteiger partial charge in [0.05, 0.1) is 57.4 Å². The third-order valence-corrected chi connectivity index (χ3v) is 7.23. The van der Waals surface area contributed by atoms with E-state index in [-0.39, 0.29) is 12.0 Å². The molecule has 11 heteroatoms. The molecule has 0 spiro atoms. The maximum atomic E-state index is 12.5. The maximum absolute atomic E-state index is 12.5. The van der Waals surface area contributed by atoms with E-state index in [1.54, 1.807) is 34.0 Å². The monoisotopic (exact) mass is 508 g/mol. The van der Waals surface area contributed by atoms with Crippen LogP contribution in [0.5, 0.6) is 0 Å². The van der Waals surface area contributed by atoms with Gasteiger partial charge in [-0.2, -0.15) is 10.2 Å². The first kappa shape index (κ1) is 24.2. The Bertz CT molecular complexity index is 1420. The number of carbonyl (C=O) groups is 1. The summed E-state index contributed by atoms with van der Waals surface area (Å²) in [5.74, 6) is -0.349. The molecule has 3 N–H and O–H groups in total. The zero-order valence-electron chi connectivity index (χ0n) is 20.5. The molecule has 4 aromatic heterocycles. The molecule has 1 fully saturated rings. The first-order chi connectivity index (χ1) is 17.1. The number of fused-ring (bicyclic) bond motifs is 1. The van der Waals surface area contributed by atoms with Gasteiger partial charge < -0.3 is 15.7 Å². The lowest BCUT2D eigenvalue weighted by atomic mass is 9.76. The SMILES string of the molecule is Cn1cc(N(c2cc(-c3cnn4cc(Cl)cnc34)ncc2C(N)=O)C2CCC(C(C)(C)O)CC2)cn1. The molecule has 1 amide bonds. The highest BCUT2D eigenvalue weighted by Crippen LogP contribution is 2.41. The number of primary amides is 1. The largest absolute Gasteiger partial charge is 0.390 e. The van der Waals surface area contributed by atoms with Gasteiger partial charge in [-0.1, -0.05) is 11.6 Å². The van der Waals surface area contributed by atoms with Crippen molar-refractivity contribution in [1.29, 1.82) is 0 Å². The molecule has 4 heterocycles. The minimum Gasteiger partial charge on any atom is -0.390 e. The average Bonchev–Trinajstić information content (AvgIpc) is 3.44. The van der Waals surface area contributed by atoms with E-state index in [4.69, 9.17) is 17.3 Å². The van der Waals surface area contributed by atoms with Crippen molar-refractivity contribution in [2.75, 3.05) is 4.90 Å². The number of aliphatic hydroxyl groups is 1. The zero-order valence-corrected chi connectivity index (χ0v) is 21.2. The maximum Gasteiger partial charge on any atom is 0.252 e. The van der Waals surface area contributed by atoms with Gasteiger partial charge in [0, 0.05) is 31.7 Å². The Labute approximate surface area is 213 Å². The number of hydrogen-bond donors (Lipinski definition) is 2. The number of pyridine rings is 1. The molecule has 5 rings (SSSR count). The number of carbonyl (C=O) groups excluding carboxylic acids is 1. The number of halogens is 1. The van der Waals surface area contributed by atoms with E-state index in [1.807, 2.05) is 33.2 Å². The van der Waals surface area contributed by atoms with Crippen LogP contribution in [0, 0.1) is 5.92 Å². The van der Waals surface area contributed by atoms with Gasteiger partial charge in [0.2, 0.25) is 0 Å². The topological polar surface area (TPSA) is 127 Å². The third-order valence-electron chi connectivity index (χ3n) is 7.04. The summed E-state index contributed by atoms with van der Waals surface area (Å²) in [4.78, 5) is 23.6. The van der Waals surface area contributed by atoms with E-state index in [2.05, 4.69) is 25.1 Å². The highest BCUT2D eigenvalue weighted by atomic mass is 35.5. The van der Waals surface area contributed by atoms with Crippen LogP contribution in [-0.4, -0.2) is 52.0 Å². The second-order valence-corrected chi connectivity index (χ2v) is 10.4. The van der Waals surface area contributed by atoms with Crippen LogP contribution in [0.3, 0.4) is 0 Å². The standard InChI is InChI=1S/C25H29ClN8O2/c1-25(2,36)15-4-6-17(7-5-15)34(18-10-30-32(3)14-18)22-8-21(28-11-20(22)23(27)35)19-12-31-33-13-16(26)9-29-24(19)33/h8-15,17,36H,4-7H2,1-3H3,(H2,27,35). The van der Waals surface area contributed by atoms with Gasteiger partial charge in [-0.15, -0.1) is 0 Å². The van der Waals surface area contributed by atoms with Crippen molar-refractivity contribution in [2.45, 2.75) is 51.2 Å². The predicted molar refractivity (Wildman–Crippen MR) is 137 cm³/mol. The number of anilines is 2. The van der Waals surface area contributed by atoms with E-state index in [1.165, 1.54) is 6.20 Å². The Morgan fingerprint density at radius 2 is 1.86 bits per heavy atom. The van der Waals surface area contributed by atoms with Crippen molar-refractivity contribution in [3.8, 4) is 11.3 Å². The van der Waals surface area contributed by atoms with Crippen LogP contribution < -0.4 is 10.6 Å². The highest BCUT2D eigenvalue weighted by Gasteiger charge is 2.35. The van der Waals surface area contributed by atoms with Crippen molar-refractivity contribution in [3.63, 3.8) is 0 Å². The van der Waals surface area contributed by atoms with Crippen molar-refractivity contribution in [1.82, 2.24) is 29.4 Å². The van der Waals surface area contributed by atoms with E-state index in [0.717, 1.165) is 31.4 Å². The lowest BCUT2D eigenvalue weighted by Gasteiger charge is -2.41. The minimum atomic E-state index is -0.730. The molecule has 36 heavy (non-hydrogen) atoms. The summed E-state index contributed by atoms with van der Waals surface area (Å²) in [5.41, 5.74) is 8.83. The van der Waals surface area contributed by atoms with Crippen molar-refractivity contribution >= 4 is 34.5 Å². The number of nitrogens with zero attached hydrogens (tertiary/aromatic N) is 7. The summed E-state index contributed by atoms with van der Waals surface area (Å²) >= 11 is 6.07. The summed E-state index contributed by atoms with van der Waals surface area (Å²) in [7, 11) is 1.86. The van der Waals surface area contributed by atoms with Gasteiger partial charge in [0.15, 0.2) is 5.65 Å².